The van der Waals surface area contributed by atoms with Crippen LogP contribution in [0.4, 0.5) is 0 Å². The van der Waals surface area contributed by atoms with E-state index < -0.39 is 13.4 Å². The van der Waals surface area contributed by atoms with E-state index in [4.69, 9.17) is 10.2 Å². The van der Waals surface area contributed by atoms with E-state index >= 15 is 0 Å². The van der Waals surface area contributed by atoms with Crippen LogP contribution in [0, 0.1) is 0 Å². The van der Waals surface area contributed by atoms with Crippen LogP contribution in [0.15, 0.2) is 0 Å². The van der Waals surface area contributed by atoms with Crippen LogP contribution in [-0.2, 0) is 13.8 Å². The summed E-state index contributed by atoms with van der Waals surface area (Å²) in [6.07, 6.45) is 0. The Hall–Kier alpha value is 0.0700. The highest BCUT2D eigenvalue weighted by atomic mass is 31.2. The highest BCUT2D eigenvalue weighted by Crippen LogP contribution is 2.45. The van der Waals surface area contributed by atoms with Crippen molar-refractivity contribution in [2.45, 2.75) is 26.4 Å². The molecule has 6 heteroatoms. The minimum Gasteiger partial charge on any atom is -0.301 e. The first kappa shape index (κ1) is 10.1. The molecule has 0 aliphatic rings. The SMILES string of the molecule is CC(C)(C)OP(=O)(O)OO. The van der Waals surface area contributed by atoms with Gasteiger partial charge in [0.15, 0.2) is 0 Å². The molecule has 0 aromatic rings. The van der Waals surface area contributed by atoms with Crippen molar-refractivity contribution in [3.63, 3.8) is 0 Å². The average molecular weight is 170 g/mol. The maximum absolute atomic E-state index is 10.5. The number of phosphoric ester groups is 1. The Bertz CT molecular complexity index is 148. The minimum absolute atomic E-state index is 0.812. The quantitative estimate of drug-likeness (QED) is 0.372. The first-order valence-electron chi connectivity index (χ1n) is 2.63. The van der Waals surface area contributed by atoms with Crippen LogP contribution in [0.25, 0.3) is 0 Å². The molecule has 10 heavy (non-hydrogen) atoms. The Balaban J connectivity index is 4.03. The van der Waals surface area contributed by atoms with Crippen LogP contribution in [-0.4, -0.2) is 15.8 Å². The zero-order valence-corrected chi connectivity index (χ0v) is 6.96. The lowest BCUT2D eigenvalue weighted by atomic mass is 10.2. The molecule has 0 saturated carbocycles. The molecule has 0 saturated heterocycles. The van der Waals surface area contributed by atoms with E-state index in [0.29, 0.717) is 0 Å². The largest absolute Gasteiger partial charge is 0.499 e. The summed E-state index contributed by atoms with van der Waals surface area (Å²) >= 11 is 0. The lowest BCUT2D eigenvalue weighted by Gasteiger charge is -2.20. The van der Waals surface area contributed by atoms with E-state index in [1.807, 2.05) is 0 Å². The van der Waals surface area contributed by atoms with Gasteiger partial charge in [0.05, 0.1) is 5.60 Å². The minimum atomic E-state index is -4.24. The fourth-order valence-electron chi connectivity index (χ4n) is 0.363. The molecule has 0 spiro atoms. The van der Waals surface area contributed by atoms with Crippen LogP contribution < -0.4 is 0 Å². The Morgan fingerprint density at radius 2 is 1.80 bits per heavy atom. The van der Waals surface area contributed by atoms with Gasteiger partial charge in [0.2, 0.25) is 0 Å². The summed E-state index contributed by atoms with van der Waals surface area (Å²) in [6.45, 7) is 4.69. The van der Waals surface area contributed by atoms with E-state index in [2.05, 4.69) is 9.20 Å². The molecule has 0 aliphatic carbocycles. The van der Waals surface area contributed by atoms with E-state index in [1.54, 1.807) is 20.8 Å². The Morgan fingerprint density at radius 1 is 1.40 bits per heavy atom. The highest BCUT2D eigenvalue weighted by Gasteiger charge is 2.28. The van der Waals surface area contributed by atoms with E-state index in [9.17, 15) is 4.57 Å². The van der Waals surface area contributed by atoms with Crippen molar-refractivity contribution in [3.8, 4) is 0 Å². The molecule has 0 aromatic heterocycles. The van der Waals surface area contributed by atoms with Crippen LogP contribution in [0.2, 0.25) is 0 Å². The van der Waals surface area contributed by atoms with Crippen molar-refractivity contribution < 1.29 is 23.9 Å². The molecule has 0 rings (SSSR count). The third kappa shape index (κ3) is 4.90. The second kappa shape index (κ2) is 2.98. The topological polar surface area (TPSA) is 76.0 Å². The van der Waals surface area contributed by atoms with Crippen LogP contribution in [0.1, 0.15) is 20.8 Å². The summed E-state index contributed by atoms with van der Waals surface area (Å²) < 4.78 is 18.1. The zero-order chi connectivity index (χ0) is 8.41. The Kier molecular flexibility index (Phi) is 3.00. The van der Waals surface area contributed by atoms with E-state index in [1.165, 1.54) is 0 Å². The molecule has 0 aliphatic heterocycles. The molecule has 5 nitrogen and oxygen atoms in total. The molecule has 0 fully saturated rings. The fraction of sp³-hybridized carbons (Fsp3) is 1.00. The van der Waals surface area contributed by atoms with Gasteiger partial charge in [0, 0.05) is 0 Å². The normalized spacial score (nSPS) is 18.5. The lowest BCUT2D eigenvalue weighted by Crippen LogP contribution is -2.17. The van der Waals surface area contributed by atoms with Crippen molar-refractivity contribution in [2.24, 2.45) is 0 Å². The smallest absolute Gasteiger partial charge is 0.301 e. The first-order valence-corrected chi connectivity index (χ1v) is 4.13. The molecule has 2 N–H and O–H groups in total. The zero-order valence-electron chi connectivity index (χ0n) is 6.07. The predicted octanol–water partition coefficient (Wildman–Crippen LogP) is 1.39. The summed E-state index contributed by atoms with van der Waals surface area (Å²) in [5, 5.41) is 7.82. The van der Waals surface area contributed by atoms with Gasteiger partial charge in [0.25, 0.3) is 0 Å². The number of hydrogen-bond donors (Lipinski definition) is 2. The maximum Gasteiger partial charge on any atom is 0.499 e. The summed E-state index contributed by atoms with van der Waals surface area (Å²) in [4.78, 5) is 8.52. The van der Waals surface area contributed by atoms with Gasteiger partial charge >= 0.3 is 7.82 Å². The van der Waals surface area contributed by atoms with Gasteiger partial charge in [-0.2, -0.15) is 0 Å². The van der Waals surface area contributed by atoms with Gasteiger partial charge < -0.3 is 4.89 Å². The van der Waals surface area contributed by atoms with Crippen LogP contribution in [0.5, 0.6) is 0 Å². The van der Waals surface area contributed by atoms with E-state index in [-0.39, 0.29) is 0 Å². The number of rotatable bonds is 2. The number of phosphoric acid groups is 1. The van der Waals surface area contributed by atoms with Gasteiger partial charge in [-0.3, -0.25) is 4.52 Å². The molecule has 1 atom stereocenters. The van der Waals surface area contributed by atoms with Crippen LogP contribution >= 0.6 is 7.82 Å². The predicted molar refractivity (Wildman–Crippen MR) is 34.4 cm³/mol. The lowest BCUT2D eigenvalue weighted by molar-refractivity contribution is -0.169. The summed E-state index contributed by atoms with van der Waals surface area (Å²) in [5.41, 5.74) is -0.812. The van der Waals surface area contributed by atoms with Crippen molar-refractivity contribution in [3.05, 3.63) is 0 Å². The summed E-state index contributed by atoms with van der Waals surface area (Å²) in [5.74, 6) is 0. The molecule has 1 unspecified atom stereocenters. The monoisotopic (exact) mass is 170 g/mol. The average Bonchev–Trinajstić information content (AvgIpc) is 1.60. The highest BCUT2D eigenvalue weighted by molar-refractivity contribution is 7.47. The van der Waals surface area contributed by atoms with Crippen molar-refractivity contribution >= 4 is 7.82 Å². The molecule has 0 aromatic carbocycles. The standard InChI is InChI=1S/C4H11O5P/c1-4(2,3)8-10(6,7)9-5/h5H,1-3H3,(H,6,7). The molecular formula is C4H11O5P. The molecule has 0 radical (unpaired) electrons. The van der Waals surface area contributed by atoms with Gasteiger partial charge in [0.1, 0.15) is 0 Å². The number of hydrogen-bond acceptors (Lipinski definition) is 4. The third-order valence-electron chi connectivity index (χ3n) is 0.492. The summed E-state index contributed by atoms with van der Waals surface area (Å²) in [7, 11) is -4.24. The molecule has 0 heterocycles. The maximum atomic E-state index is 10.5. The van der Waals surface area contributed by atoms with Gasteiger partial charge in [-0.1, -0.05) is 0 Å². The Labute approximate surface area is 59.1 Å². The second-order valence-corrected chi connectivity index (χ2v) is 4.04. The molecule has 0 amide bonds. The van der Waals surface area contributed by atoms with Crippen molar-refractivity contribution in [1.29, 1.82) is 0 Å². The van der Waals surface area contributed by atoms with Crippen molar-refractivity contribution in [2.75, 3.05) is 0 Å². The van der Waals surface area contributed by atoms with Crippen LogP contribution in [0.3, 0.4) is 0 Å². The third-order valence-corrected chi connectivity index (χ3v) is 1.48. The van der Waals surface area contributed by atoms with Gasteiger partial charge in [-0.15, -0.1) is 4.67 Å². The Morgan fingerprint density at radius 3 is 1.90 bits per heavy atom. The fourth-order valence-corrected chi connectivity index (χ4v) is 1.09. The molecular weight excluding hydrogens is 159 g/mol. The van der Waals surface area contributed by atoms with E-state index in [0.717, 1.165) is 0 Å². The molecule has 62 valence electrons. The second-order valence-electron chi connectivity index (χ2n) is 2.75. The first-order chi connectivity index (χ1) is 4.27. The van der Waals surface area contributed by atoms with Gasteiger partial charge in [-0.05, 0) is 20.8 Å². The van der Waals surface area contributed by atoms with Crippen molar-refractivity contribution in [1.82, 2.24) is 0 Å². The molecule has 0 bridgehead atoms. The summed E-state index contributed by atoms with van der Waals surface area (Å²) in [6, 6.07) is 0. The van der Waals surface area contributed by atoms with Gasteiger partial charge in [-0.25, -0.2) is 9.82 Å².